The minimum Gasteiger partial charge on any atom is -0.394 e. The number of ether oxygens (including phenoxy) is 6. The Bertz CT molecular complexity index is 2050. The van der Waals surface area contributed by atoms with E-state index in [1.807, 2.05) is 6.08 Å². The van der Waals surface area contributed by atoms with Gasteiger partial charge in [-0.05, 0) is 64.2 Å². The van der Waals surface area contributed by atoms with E-state index in [0.29, 0.717) is 12.8 Å². The molecule has 0 aliphatic carbocycles. The Morgan fingerprint density at radius 3 is 1.03 bits per heavy atom. The summed E-state index contributed by atoms with van der Waals surface area (Å²) in [5.74, 6) is -0.279. The second kappa shape index (κ2) is 64.6. The Morgan fingerprint density at radius 1 is 0.350 bits per heavy atom. The van der Waals surface area contributed by atoms with E-state index >= 15 is 0 Å². The van der Waals surface area contributed by atoms with Crippen LogP contribution in [0.1, 0.15) is 348 Å². The van der Waals surface area contributed by atoms with Gasteiger partial charge >= 0.3 is 0 Å². The summed E-state index contributed by atoms with van der Waals surface area (Å²) in [7, 11) is 0. The van der Waals surface area contributed by atoms with Crippen molar-refractivity contribution in [1.82, 2.24) is 5.32 Å². The number of carbonyl (C=O) groups is 1. The van der Waals surface area contributed by atoms with Crippen molar-refractivity contribution >= 4 is 5.91 Å². The van der Waals surface area contributed by atoms with Crippen LogP contribution in [0, 0.1) is 0 Å². The SMILES string of the molecule is CCCCCCC/C=C\C/C=C\CCCCCCCCCCCCCCCCCCCCCCCCCCCCCCCC(=O)NC(COC1OC(CO)C(OC2OC(CO)C(OC3OC(CO)C(O)C(O)C3O)C(O)C2O)C(O)C1O)C(O)/C=C/CC/C=C/CCCCCCCCCCCCC. The number of amides is 1. The summed E-state index contributed by atoms with van der Waals surface area (Å²) in [5, 5.41) is 121. The molecular weight excluding hydrogens is 1310 g/mol. The monoisotopic (exact) mass is 1470 g/mol. The third kappa shape index (κ3) is 44.3. The Hall–Kier alpha value is -2.25. The smallest absolute Gasteiger partial charge is 0.220 e. The summed E-state index contributed by atoms with van der Waals surface area (Å²) in [6, 6.07) is -0.989. The molecule has 0 bridgehead atoms. The fourth-order valence-corrected chi connectivity index (χ4v) is 14.3. The largest absolute Gasteiger partial charge is 0.394 e. The van der Waals surface area contributed by atoms with Crippen molar-refractivity contribution in [3.8, 4) is 0 Å². The quantitative estimate of drug-likeness (QED) is 0.0199. The van der Waals surface area contributed by atoms with Gasteiger partial charge < -0.3 is 89.9 Å². The van der Waals surface area contributed by atoms with Crippen molar-refractivity contribution < 1.29 is 89.4 Å². The molecule has 3 aliphatic heterocycles. The van der Waals surface area contributed by atoms with E-state index in [2.05, 4.69) is 55.6 Å². The molecule has 604 valence electrons. The minimum atomic E-state index is -1.98. The fraction of sp³-hybridized carbons (Fsp3) is 0.893. The molecule has 3 fully saturated rings. The van der Waals surface area contributed by atoms with Crippen LogP contribution >= 0.6 is 0 Å². The average Bonchev–Trinajstić information content (AvgIpc) is 0.782. The van der Waals surface area contributed by atoms with Gasteiger partial charge in [-0.15, -0.1) is 0 Å². The molecule has 0 aromatic rings. The van der Waals surface area contributed by atoms with E-state index in [-0.39, 0.29) is 18.9 Å². The van der Waals surface area contributed by atoms with Crippen LogP contribution in [0.4, 0.5) is 0 Å². The predicted molar refractivity (Wildman–Crippen MR) is 411 cm³/mol. The number of allylic oxidation sites excluding steroid dienone is 7. The topological polar surface area (TPSA) is 307 Å². The highest BCUT2D eigenvalue weighted by Crippen LogP contribution is 2.33. The summed E-state index contributed by atoms with van der Waals surface area (Å²) in [5.41, 5.74) is 0. The van der Waals surface area contributed by atoms with E-state index in [1.54, 1.807) is 6.08 Å². The number of rotatable bonds is 68. The molecule has 0 spiro atoms. The molecule has 0 saturated carbocycles. The van der Waals surface area contributed by atoms with Gasteiger partial charge in [-0.1, -0.05) is 326 Å². The maximum Gasteiger partial charge on any atom is 0.220 e. The van der Waals surface area contributed by atoms with E-state index in [0.717, 1.165) is 44.9 Å². The first-order valence-electron chi connectivity index (χ1n) is 42.4. The van der Waals surface area contributed by atoms with Crippen LogP contribution in [-0.2, 0) is 33.2 Å². The average molecular weight is 1470 g/mol. The molecule has 0 aromatic carbocycles. The Kier molecular flexibility index (Phi) is 59.5. The van der Waals surface area contributed by atoms with Gasteiger partial charge in [-0.25, -0.2) is 0 Å². The van der Waals surface area contributed by atoms with Crippen molar-refractivity contribution in [1.29, 1.82) is 0 Å². The van der Waals surface area contributed by atoms with Gasteiger partial charge in [0, 0.05) is 6.42 Å². The number of unbranched alkanes of at least 4 members (excludes halogenated alkanes) is 46. The van der Waals surface area contributed by atoms with E-state index in [4.69, 9.17) is 28.4 Å². The third-order valence-corrected chi connectivity index (χ3v) is 21.1. The summed E-state index contributed by atoms with van der Waals surface area (Å²) in [4.78, 5) is 13.5. The van der Waals surface area contributed by atoms with Gasteiger partial charge in [0.05, 0.1) is 38.6 Å². The molecule has 17 unspecified atom stereocenters. The number of hydrogen-bond acceptors (Lipinski definition) is 18. The Labute approximate surface area is 624 Å². The summed E-state index contributed by atoms with van der Waals surface area (Å²) in [6.07, 6.45) is 55.7. The maximum atomic E-state index is 13.5. The first kappa shape index (κ1) is 95.0. The highest BCUT2D eigenvalue weighted by molar-refractivity contribution is 5.76. The molecular formula is C84H155NO18. The molecule has 17 atom stereocenters. The summed E-state index contributed by atoms with van der Waals surface area (Å²) >= 11 is 0. The van der Waals surface area contributed by atoms with Crippen molar-refractivity contribution in [2.45, 2.75) is 452 Å². The van der Waals surface area contributed by atoms with Crippen LogP contribution in [0.15, 0.2) is 48.6 Å². The maximum absolute atomic E-state index is 13.5. The lowest BCUT2D eigenvalue weighted by Gasteiger charge is -2.48. The second-order valence-corrected chi connectivity index (χ2v) is 30.3. The zero-order chi connectivity index (χ0) is 74.6. The molecule has 0 aromatic heterocycles. The van der Waals surface area contributed by atoms with Crippen LogP contribution in [0.5, 0.6) is 0 Å². The zero-order valence-corrected chi connectivity index (χ0v) is 64.8. The van der Waals surface area contributed by atoms with Gasteiger partial charge in [-0.2, -0.15) is 0 Å². The lowest BCUT2D eigenvalue weighted by atomic mass is 9.96. The van der Waals surface area contributed by atoms with Crippen molar-refractivity contribution in [2.75, 3.05) is 26.4 Å². The summed E-state index contributed by atoms with van der Waals surface area (Å²) in [6.45, 7) is 1.74. The third-order valence-electron chi connectivity index (χ3n) is 21.1. The summed E-state index contributed by atoms with van der Waals surface area (Å²) < 4.78 is 34.4. The standard InChI is InChI=1S/C84H155NO18/c1-3-5-7-9-11-13-15-17-19-21-22-23-24-25-26-27-28-29-30-31-32-33-34-35-36-37-38-39-40-41-42-43-44-46-48-50-52-54-56-58-60-62-72(90)85-67(68(89)61-59-57-55-53-51-49-47-45-20-18-16-14-12-10-8-6-4-2)66-98-82-78(96)75(93)80(70(64-87)100-82)103-84-79(97)76(94)81(71(65-88)101-84)102-83-77(95)74(92)73(91)69(63-86)99-83/h15,17,21-22,51,53,59,61,67-71,73-84,86-89,91-97H,3-14,16,18-20,23-50,52,54-58,60,62-66H2,1-2H3,(H,85,90)/b17-15-,22-21-,53-51+,61-59+. The first-order valence-corrected chi connectivity index (χ1v) is 42.4. The Morgan fingerprint density at radius 2 is 0.650 bits per heavy atom. The van der Waals surface area contributed by atoms with Gasteiger partial charge in [0.2, 0.25) is 5.91 Å². The molecule has 103 heavy (non-hydrogen) atoms. The van der Waals surface area contributed by atoms with Crippen LogP contribution in [0.3, 0.4) is 0 Å². The Balaban J connectivity index is 1.28. The normalized spacial score (nSPS) is 26.2. The van der Waals surface area contributed by atoms with E-state index in [9.17, 15) is 61.0 Å². The molecule has 3 rings (SSSR count). The van der Waals surface area contributed by atoms with Gasteiger partial charge in [0.1, 0.15) is 73.2 Å². The number of carbonyl (C=O) groups excluding carboxylic acids is 1. The van der Waals surface area contributed by atoms with Crippen molar-refractivity contribution in [2.24, 2.45) is 0 Å². The number of nitrogens with one attached hydrogen (secondary N) is 1. The molecule has 0 radical (unpaired) electrons. The van der Waals surface area contributed by atoms with Crippen LogP contribution < -0.4 is 5.32 Å². The fourth-order valence-electron chi connectivity index (χ4n) is 14.3. The molecule has 3 saturated heterocycles. The number of aliphatic hydroxyl groups is 11. The van der Waals surface area contributed by atoms with Crippen LogP contribution in [-0.4, -0.2) is 193 Å². The van der Waals surface area contributed by atoms with E-state index in [1.165, 1.54) is 270 Å². The van der Waals surface area contributed by atoms with Gasteiger partial charge in [0.15, 0.2) is 18.9 Å². The molecule has 3 heterocycles. The van der Waals surface area contributed by atoms with Gasteiger partial charge in [-0.3, -0.25) is 4.79 Å². The van der Waals surface area contributed by atoms with Crippen molar-refractivity contribution in [3.63, 3.8) is 0 Å². The van der Waals surface area contributed by atoms with Crippen LogP contribution in [0.2, 0.25) is 0 Å². The zero-order valence-electron chi connectivity index (χ0n) is 64.8. The van der Waals surface area contributed by atoms with Crippen LogP contribution in [0.25, 0.3) is 0 Å². The molecule has 12 N–H and O–H groups in total. The number of aliphatic hydroxyl groups excluding tert-OH is 11. The molecule has 1 amide bonds. The van der Waals surface area contributed by atoms with Crippen molar-refractivity contribution in [3.05, 3.63) is 48.6 Å². The van der Waals surface area contributed by atoms with Gasteiger partial charge in [0.25, 0.3) is 0 Å². The highest BCUT2D eigenvalue weighted by atomic mass is 16.8. The lowest BCUT2D eigenvalue weighted by Crippen LogP contribution is -2.66. The first-order chi connectivity index (χ1) is 50.3. The molecule has 3 aliphatic rings. The molecule has 19 heteroatoms. The lowest BCUT2D eigenvalue weighted by molar-refractivity contribution is -0.379. The number of hydrogen-bond donors (Lipinski definition) is 12. The van der Waals surface area contributed by atoms with E-state index < -0.39 is 124 Å². The predicted octanol–water partition coefficient (Wildman–Crippen LogP) is 14.8. The second-order valence-electron chi connectivity index (χ2n) is 30.3. The highest BCUT2D eigenvalue weighted by Gasteiger charge is 2.54. The molecule has 19 nitrogen and oxygen atoms in total. The minimum absolute atomic E-state index is 0.239.